The van der Waals surface area contributed by atoms with Crippen LogP contribution in [0.4, 0.5) is 0 Å². The molecule has 27 heavy (non-hydrogen) atoms. The second-order valence-electron chi connectivity index (χ2n) is 6.63. The number of benzene rings is 1. The van der Waals surface area contributed by atoms with Gasteiger partial charge in [-0.2, -0.15) is 0 Å². The number of carboxylic acid groups (broad SMARTS) is 1. The van der Waals surface area contributed by atoms with Crippen LogP contribution >= 0.6 is 0 Å². The van der Waals surface area contributed by atoms with Gasteiger partial charge in [0.1, 0.15) is 5.75 Å². The first-order valence-electron chi connectivity index (χ1n) is 8.83. The van der Waals surface area contributed by atoms with Gasteiger partial charge in [-0.1, -0.05) is 13.0 Å². The van der Waals surface area contributed by atoms with E-state index in [2.05, 4.69) is 27.9 Å². The Kier molecular flexibility index (Phi) is 5.05. The first-order chi connectivity index (χ1) is 12.8. The first kappa shape index (κ1) is 18.7. The lowest BCUT2D eigenvalue weighted by atomic mass is 10.0. The van der Waals surface area contributed by atoms with Crippen LogP contribution < -0.4 is 10.9 Å². The summed E-state index contributed by atoms with van der Waals surface area (Å²) in [5.74, 6) is -1.95. The van der Waals surface area contributed by atoms with Crippen LogP contribution in [-0.4, -0.2) is 32.3 Å². The highest BCUT2D eigenvalue weighted by atomic mass is 16.4. The van der Waals surface area contributed by atoms with Gasteiger partial charge in [-0.25, -0.2) is 4.79 Å². The van der Waals surface area contributed by atoms with Gasteiger partial charge in [-0.05, 0) is 43.7 Å². The fourth-order valence-electron chi connectivity index (χ4n) is 3.30. The largest absolute Gasteiger partial charge is 0.506 e. The van der Waals surface area contributed by atoms with E-state index in [0.717, 1.165) is 36.1 Å². The first-order valence-corrected chi connectivity index (χ1v) is 8.83. The fourth-order valence-corrected chi connectivity index (χ4v) is 3.30. The zero-order valence-corrected chi connectivity index (χ0v) is 15.6. The lowest BCUT2D eigenvalue weighted by Gasteiger charge is -2.10. The molecule has 2 heterocycles. The highest BCUT2D eigenvalue weighted by Crippen LogP contribution is 2.31. The smallest absolute Gasteiger partial charge is 0.345 e. The summed E-state index contributed by atoms with van der Waals surface area (Å²) in [4.78, 5) is 25.9. The summed E-state index contributed by atoms with van der Waals surface area (Å²) in [7, 11) is 2.01. The van der Waals surface area contributed by atoms with Gasteiger partial charge in [-0.15, -0.1) is 0 Å². The van der Waals surface area contributed by atoms with Gasteiger partial charge < -0.3 is 25.1 Å². The Bertz CT molecular complexity index is 1080. The Labute approximate surface area is 156 Å². The van der Waals surface area contributed by atoms with Crippen LogP contribution in [0.25, 0.3) is 22.2 Å². The number of aryl methyl sites for hydroxylation is 1. The van der Waals surface area contributed by atoms with Crippen molar-refractivity contribution in [3.05, 3.63) is 51.4 Å². The molecule has 0 saturated heterocycles. The summed E-state index contributed by atoms with van der Waals surface area (Å²) in [5.41, 5.74) is 2.19. The maximum absolute atomic E-state index is 12.1. The van der Waals surface area contributed by atoms with Crippen molar-refractivity contribution in [3.63, 3.8) is 0 Å². The molecular formula is C20H23N3O4. The van der Waals surface area contributed by atoms with E-state index in [0.29, 0.717) is 16.8 Å². The number of nitrogens with zero attached hydrogens (tertiary/aromatic N) is 1. The third-order valence-corrected chi connectivity index (χ3v) is 4.81. The molecule has 7 nitrogen and oxygen atoms in total. The zero-order chi connectivity index (χ0) is 19.7. The zero-order valence-electron chi connectivity index (χ0n) is 15.6. The van der Waals surface area contributed by atoms with Crippen LogP contribution in [0.15, 0.2) is 29.1 Å². The van der Waals surface area contributed by atoms with Crippen molar-refractivity contribution in [1.82, 2.24) is 14.9 Å². The fraction of sp³-hybridized carbons (Fsp3) is 0.300. The summed E-state index contributed by atoms with van der Waals surface area (Å²) >= 11 is 0. The molecule has 2 aromatic heterocycles. The number of nitrogens with one attached hydrogen (secondary N) is 2. The van der Waals surface area contributed by atoms with E-state index >= 15 is 0 Å². The van der Waals surface area contributed by atoms with Crippen LogP contribution in [0.2, 0.25) is 0 Å². The maximum atomic E-state index is 12.1. The molecule has 4 N–H and O–H groups in total. The Balaban J connectivity index is 2.08. The average Bonchev–Trinajstić information content (AvgIpc) is 2.93. The predicted octanol–water partition coefficient (Wildman–Crippen LogP) is 2.75. The molecule has 3 aromatic rings. The van der Waals surface area contributed by atoms with Crippen molar-refractivity contribution in [2.75, 3.05) is 6.54 Å². The highest BCUT2D eigenvalue weighted by molar-refractivity contribution is 5.92. The van der Waals surface area contributed by atoms with Crippen molar-refractivity contribution in [2.24, 2.45) is 7.05 Å². The molecule has 0 radical (unpaired) electrons. The molecule has 0 bridgehead atoms. The van der Waals surface area contributed by atoms with Crippen LogP contribution in [-0.2, 0) is 13.6 Å². The summed E-state index contributed by atoms with van der Waals surface area (Å²) < 4.78 is 2.11. The number of H-pyrrole nitrogens is 1. The third-order valence-electron chi connectivity index (χ3n) is 4.81. The van der Waals surface area contributed by atoms with Crippen molar-refractivity contribution in [3.8, 4) is 17.0 Å². The van der Waals surface area contributed by atoms with Gasteiger partial charge in [0.05, 0.1) is 5.69 Å². The van der Waals surface area contributed by atoms with Crippen molar-refractivity contribution in [2.45, 2.75) is 26.8 Å². The third kappa shape index (κ3) is 3.33. The molecule has 3 rings (SSSR count). The number of hydrogen-bond acceptors (Lipinski definition) is 4. The molecular weight excluding hydrogens is 346 g/mol. The second kappa shape index (κ2) is 7.28. The minimum absolute atomic E-state index is 0.326. The van der Waals surface area contributed by atoms with E-state index in [1.165, 1.54) is 0 Å². The van der Waals surface area contributed by atoms with E-state index in [1.54, 1.807) is 6.92 Å². The molecule has 7 heteroatoms. The number of fused-ring (bicyclic) bond motifs is 1. The van der Waals surface area contributed by atoms with Crippen LogP contribution in [0.3, 0.4) is 0 Å². The Morgan fingerprint density at radius 2 is 2.04 bits per heavy atom. The van der Waals surface area contributed by atoms with E-state index in [9.17, 15) is 14.7 Å². The number of rotatable bonds is 6. The van der Waals surface area contributed by atoms with E-state index in [4.69, 9.17) is 5.11 Å². The maximum Gasteiger partial charge on any atom is 0.345 e. The molecule has 0 spiro atoms. The SMILES string of the molecule is CCCNCc1cc2cc(-c3[nH]c(=O)c(C(=O)O)c(O)c3C)ccc2n1C. The molecule has 0 atom stereocenters. The van der Waals surface area contributed by atoms with Gasteiger partial charge in [0.2, 0.25) is 0 Å². The van der Waals surface area contributed by atoms with E-state index < -0.39 is 22.8 Å². The number of carbonyl (C=O) groups is 1. The highest BCUT2D eigenvalue weighted by Gasteiger charge is 2.20. The minimum atomic E-state index is -1.45. The lowest BCUT2D eigenvalue weighted by Crippen LogP contribution is -2.19. The Morgan fingerprint density at radius 1 is 1.30 bits per heavy atom. The molecule has 0 aliphatic carbocycles. The quantitative estimate of drug-likeness (QED) is 0.500. The number of aromatic hydroxyl groups is 1. The van der Waals surface area contributed by atoms with Crippen LogP contribution in [0, 0.1) is 6.92 Å². The van der Waals surface area contributed by atoms with Crippen molar-refractivity contribution >= 4 is 16.9 Å². The second-order valence-corrected chi connectivity index (χ2v) is 6.63. The van der Waals surface area contributed by atoms with Gasteiger partial charge in [0.15, 0.2) is 5.56 Å². The van der Waals surface area contributed by atoms with Crippen molar-refractivity contribution in [1.29, 1.82) is 0 Å². The number of hydrogen-bond donors (Lipinski definition) is 4. The molecule has 0 amide bonds. The number of aromatic carboxylic acids is 1. The lowest BCUT2D eigenvalue weighted by molar-refractivity contribution is 0.0691. The summed E-state index contributed by atoms with van der Waals surface area (Å²) in [6.45, 7) is 5.41. The molecule has 142 valence electrons. The molecule has 0 aliphatic rings. The molecule has 0 unspecified atom stereocenters. The molecule has 0 fully saturated rings. The van der Waals surface area contributed by atoms with E-state index in [1.807, 2.05) is 25.2 Å². The van der Waals surface area contributed by atoms with Gasteiger partial charge in [0.25, 0.3) is 5.56 Å². The standard InChI is InChI=1S/C20H23N3O4/c1-4-7-21-10-14-9-13-8-12(5-6-15(13)23(14)3)17-11(2)18(24)16(20(26)27)19(25)22-17/h5-6,8-9,21H,4,7,10H2,1-3H3,(H,26,27)(H2,22,24,25). The summed E-state index contributed by atoms with van der Waals surface area (Å²) in [6, 6.07) is 7.81. The van der Waals surface area contributed by atoms with Gasteiger partial charge in [-0.3, -0.25) is 4.79 Å². The number of carboxylic acids is 1. The Hall–Kier alpha value is -3.06. The molecule has 0 aliphatic heterocycles. The topological polar surface area (TPSA) is 107 Å². The minimum Gasteiger partial charge on any atom is -0.506 e. The average molecular weight is 369 g/mol. The van der Waals surface area contributed by atoms with E-state index in [-0.39, 0.29) is 0 Å². The molecule has 1 aromatic carbocycles. The summed E-state index contributed by atoms with van der Waals surface area (Å²) in [6.07, 6.45) is 1.07. The monoisotopic (exact) mass is 369 g/mol. The number of aromatic amines is 1. The number of aromatic nitrogens is 2. The van der Waals surface area contributed by atoms with Crippen LogP contribution in [0.1, 0.15) is 35.0 Å². The summed E-state index contributed by atoms with van der Waals surface area (Å²) in [5, 5.41) is 23.7. The normalized spacial score (nSPS) is 11.2. The number of pyridine rings is 1. The van der Waals surface area contributed by atoms with Gasteiger partial charge in [0, 0.05) is 35.8 Å². The Morgan fingerprint density at radius 3 is 2.70 bits per heavy atom. The van der Waals surface area contributed by atoms with Crippen molar-refractivity contribution < 1.29 is 15.0 Å². The van der Waals surface area contributed by atoms with Crippen LogP contribution in [0.5, 0.6) is 5.75 Å². The predicted molar refractivity (Wildman–Crippen MR) is 104 cm³/mol. The van der Waals surface area contributed by atoms with Gasteiger partial charge >= 0.3 is 5.97 Å². The molecule has 0 saturated carbocycles.